The monoisotopic (exact) mass is 514 g/mol. The van der Waals surface area contributed by atoms with Crippen molar-refractivity contribution in [3.05, 3.63) is 84.4 Å². The summed E-state index contributed by atoms with van der Waals surface area (Å²) in [7, 11) is 1.63. The van der Waals surface area contributed by atoms with Gasteiger partial charge in [-0.3, -0.25) is 9.36 Å². The van der Waals surface area contributed by atoms with E-state index in [0.29, 0.717) is 11.0 Å². The summed E-state index contributed by atoms with van der Waals surface area (Å²) in [6, 6.07) is 25.6. The summed E-state index contributed by atoms with van der Waals surface area (Å²) in [4.78, 5) is 14.8. The van der Waals surface area contributed by atoms with Gasteiger partial charge in [0.1, 0.15) is 5.75 Å². The Kier molecular flexibility index (Phi) is 8.93. The Hall–Kier alpha value is -4.11. The SMILES string of the molecule is CCN(CC)c1ccc(C=NNC(=O)CSc2nnc(-c3ccccc3)n2-c2ccc(OC)cc2)cc1. The Balaban J connectivity index is 1.43. The van der Waals surface area contributed by atoms with Gasteiger partial charge < -0.3 is 9.64 Å². The Labute approximate surface area is 221 Å². The third kappa shape index (κ3) is 6.56. The number of rotatable bonds is 11. The van der Waals surface area contributed by atoms with Crippen molar-refractivity contribution in [2.24, 2.45) is 5.10 Å². The fraction of sp³-hybridized carbons (Fsp3) is 0.214. The number of aromatic nitrogens is 3. The summed E-state index contributed by atoms with van der Waals surface area (Å²) in [6.07, 6.45) is 1.64. The van der Waals surface area contributed by atoms with E-state index in [1.807, 2.05) is 71.3 Å². The zero-order chi connectivity index (χ0) is 26.0. The highest BCUT2D eigenvalue weighted by molar-refractivity contribution is 7.99. The lowest BCUT2D eigenvalue weighted by Crippen LogP contribution is -2.21. The molecule has 190 valence electrons. The Morgan fingerprint density at radius 2 is 1.70 bits per heavy atom. The van der Waals surface area contributed by atoms with Gasteiger partial charge in [-0.05, 0) is 55.8 Å². The minimum Gasteiger partial charge on any atom is -0.497 e. The van der Waals surface area contributed by atoms with E-state index in [4.69, 9.17) is 4.74 Å². The molecule has 3 aromatic carbocycles. The lowest BCUT2D eigenvalue weighted by atomic mass is 10.2. The van der Waals surface area contributed by atoms with E-state index in [0.717, 1.165) is 35.7 Å². The van der Waals surface area contributed by atoms with E-state index < -0.39 is 0 Å². The number of nitrogens with one attached hydrogen (secondary N) is 1. The summed E-state index contributed by atoms with van der Waals surface area (Å²) >= 11 is 1.30. The number of anilines is 1. The first-order chi connectivity index (χ1) is 18.1. The number of hydrazone groups is 1. The second-order valence-electron chi connectivity index (χ2n) is 8.05. The van der Waals surface area contributed by atoms with Crippen LogP contribution in [0.4, 0.5) is 5.69 Å². The molecule has 37 heavy (non-hydrogen) atoms. The second kappa shape index (κ2) is 12.7. The zero-order valence-corrected chi connectivity index (χ0v) is 22.0. The number of carbonyl (C=O) groups is 1. The predicted molar refractivity (Wildman–Crippen MR) is 150 cm³/mol. The molecule has 9 heteroatoms. The van der Waals surface area contributed by atoms with Crippen molar-refractivity contribution in [1.82, 2.24) is 20.2 Å². The van der Waals surface area contributed by atoms with Crippen molar-refractivity contribution < 1.29 is 9.53 Å². The van der Waals surface area contributed by atoms with Crippen molar-refractivity contribution in [3.63, 3.8) is 0 Å². The van der Waals surface area contributed by atoms with Crippen molar-refractivity contribution in [1.29, 1.82) is 0 Å². The van der Waals surface area contributed by atoms with Crippen LogP contribution >= 0.6 is 11.8 Å². The maximum absolute atomic E-state index is 12.5. The minimum atomic E-state index is -0.230. The van der Waals surface area contributed by atoms with Gasteiger partial charge in [0.15, 0.2) is 11.0 Å². The maximum Gasteiger partial charge on any atom is 0.250 e. The maximum atomic E-state index is 12.5. The molecule has 0 saturated heterocycles. The van der Waals surface area contributed by atoms with E-state index in [9.17, 15) is 4.79 Å². The van der Waals surface area contributed by atoms with E-state index in [-0.39, 0.29) is 11.7 Å². The molecule has 4 rings (SSSR count). The minimum absolute atomic E-state index is 0.140. The Morgan fingerprint density at radius 1 is 1.00 bits per heavy atom. The summed E-state index contributed by atoms with van der Waals surface area (Å²) < 4.78 is 7.23. The number of methoxy groups -OCH3 is 1. The van der Waals surface area contributed by atoms with Gasteiger partial charge in [0.05, 0.1) is 19.1 Å². The predicted octanol–water partition coefficient (Wildman–Crippen LogP) is 5.03. The number of nitrogens with zero attached hydrogens (tertiary/aromatic N) is 5. The van der Waals surface area contributed by atoms with Crippen LogP contribution in [-0.4, -0.2) is 52.8 Å². The van der Waals surface area contributed by atoms with E-state index in [1.165, 1.54) is 17.4 Å². The average Bonchev–Trinajstić information content (AvgIpc) is 3.38. The quantitative estimate of drug-likeness (QED) is 0.172. The number of hydrogen-bond acceptors (Lipinski definition) is 7. The van der Waals surface area contributed by atoms with Gasteiger partial charge in [0.25, 0.3) is 5.91 Å². The van der Waals surface area contributed by atoms with Gasteiger partial charge in [-0.15, -0.1) is 10.2 Å². The molecule has 8 nitrogen and oxygen atoms in total. The lowest BCUT2D eigenvalue weighted by Gasteiger charge is -2.20. The number of amides is 1. The molecule has 0 bridgehead atoms. The smallest absolute Gasteiger partial charge is 0.250 e. The number of benzene rings is 3. The summed E-state index contributed by atoms with van der Waals surface area (Å²) in [5.41, 5.74) is 6.48. The molecule has 0 aliphatic carbocycles. The average molecular weight is 515 g/mol. The molecular weight excluding hydrogens is 484 g/mol. The van der Waals surface area contributed by atoms with Crippen LogP contribution in [0.2, 0.25) is 0 Å². The van der Waals surface area contributed by atoms with Gasteiger partial charge in [0.2, 0.25) is 0 Å². The van der Waals surface area contributed by atoms with Gasteiger partial charge in [0, 0.05) is 30.0 Å². The summed E-state index contributed by atoms with van der Waals surface area (Å²) in [5, 5.41) is 13.5. The van der Waals surface area contributed by atoms with Gasteiger partial charge in [-0.1, -0.05) is 54.2 Å². The molecule has 1 amide bonds. The highest BCUT2D eigenvalue weighted by Gasteiger charge is 2.17. The molecule has 0 atom stereocenters. The third-order valence-corrected chi connectivity index (χ3v) is 6.68. The number of ether oxygens (including phenoxy) is 1. The molecular formula is C28H30N6O2S. The molecule has 0 saturated carbocycles. The van der Waals surface area contributed by atoms with Gasteiger partial charge in [-0.2, -0.15) is 5.10 Å². The largest absolute Gasteiger partial charge is 0.497 e. The van der Waals surface area contributed by atoms with Crippen LogP contribution in [-0.2, 0) is 4.79 Å². The van der Waals surface area contributed by atoms with Crippen LogP contribution in [0.5, 0.6) is 5.75 Å². The molecule has 0 radical (unpaired) electrons. The first kappa shape index (κ1) is 26.0. The van der Waals surface area contributed by atoms with Crippen LogP contribution in [0.1, 0.15) is 19.4 Å². The van der Waals surface area contributed by atoms with E-state index in [2.05, 4.69) is 51.6 Å². The molecule has 0 aliphatic rings. The second-order valence-corrected chi connectivity index (χ2v) is 8.99. The fourth-order valence-corrected chi connectivity index (χ4v) is 4.55. The number of hydrogen-bond donors (Lipinski definition) is 1. The molecule has 4 aromatic rings. The summed E-state index contributed by atoms with van der Waals surface area (Å²) in [6.45, 7) is 6.18. The number of thioether (sulfide) groups is 1. The molecule has 0 aliphatic heterocycles. The molecule has 0 spiro atoms. The third-order valence-electron chi connectivity index (χ3n) is 5.75. The summed E-state index contributed by atoms with van der Waals surface area (Å²) in [5.74, 6) is 1.36. The zero-order valence-electron chi connectivity index (χ0n) is 21.2. The molecule has 0 fully saturated rings. The highest BCUT2D eigenvalue weighted by atomic mass is 32.2. The van der Waals surface area contributed by atoms with Gasteiger partial charge in [-0.25, -0.2) is 5.43 Å². The van der Waals surface area contributed by atoms with Crippen LogP contribution in [0.3, 0.4) is 0 Å². The van der Waals surface area contributed by atoms with Crippen molar-refractivity contribution in [3.8, 4) is 22.8 Å². The molecule has 1 aromatic heterocycles. The van der Waals surface area contributed by atoms with Crippen LogP contribution in [0.25, 0.3) is 17.1 Å². The normalized spacial score (nSPS) is 11.0. The topological polar surface area (TPSA) is 84.6 Å². The standard InChI is InChI=1S/C28H30N6O2S/c1-4-33(5-2)23-13-11-21(12-14-23)19-29-30-26(35)20-37-28-32-31-27(22-9-7-6-8-10-22)34(28)24-15-17-25(36-3)18-16-24/h6-19H,4-5,20H2,1-3H3,(H,30,35). The van der Waals surface area contributed by atoms with E-state index in [1.54, 1.807) is 13.3 Å². The van der Waals surface area contributed by atoms with Crippen molar-refractivity contribution in [2.75, 3.05) is 30.9 Å². The van der Waals surface area contributed by atoms with Crippen molar-refractivity contribution in [2.45, 2.75) is 19.0 Å². The van der Waals surface area contributed by atoms with Crippen LogP contribution in [0.15, 0.2) is 89.1 Å². The fourth-order valence-electron chi connectivity index (χ4n) is 3.80. The Morgan fingerprint density at radius 3 is 2.35 bits per heavy atom. The molecule has 1 heterocycles. The highest BCUT2D eigenvalue weighted by Crippen LogP contribution is 2.28. The molecule has 0 unspecified atom stereocenters. The molecule has 1 N–H and O–H groups in total. The first-order valence-corrected chi connectivity index (χ1v) is 13.1. The van der Waals surface area contributed by atoms with E-state index >= 15 is 0 Å². The lowest BCUT2D eigenvalue weighted by molar-refractivity contribution is -0.118. The van der Waals surface area contributed by atoms with Crippen LogP contribution < -0.4 is 15.1 Å². The Bertz CT molecular complexity index is 1320. The number of carbonyl (C=O) groups excluding carboxylic acids is 1. The van der Waals surface area contributed by atoms with Crippen molar-refractivity contribution >= 4 is 29.6 Å². The first-order valence-electron chi connectivity index (χ1n) is 12.1. The van der Waals surface area contributed by atoms with Crippen LogP contribution in [0, 0.1) is 0 Å². The van der Waals surface area contributed by atoms with Gasteiger partial charge >= 0.3 is 0 Å².